The van der Waals surface area contributed by atoms with Crippen LogP contribution in [0, 0.1) is 0 Å². The summed E-state index contributed by atoms with van der Waals surface area (Å²) in [5.74, 6) is 2.13. The summed E-state index contributed by atoms with van der Waals surface area (Å²) in [7, 11) is 8.07. The zero-order chi connectivity index (χ0) is 25.7. The molecular weight excluding hydrogens is 458 g/mol. The molecule has 0 atom stereocenters. The van der Waals surface area contributed by atoms with E-state index in [1.54, 1.807) is 45.1 Å². The average Bonchev–Trinajstić information content (AvgIpc) is 3.38. The van der Waals surface area contributed by atoms with Crippen LogP contribution in [-0.4, -0.2) is 56.1 Å². The number of benzene rings is 3. The van der Waals surface area contributed by atoms with E-state index < -0.39 is 0 Å². The summed E-state index contributed by atoms with van der Waals surface area (Å²) in [6.45, 7) is 0.308. The standard InChI is InChI=1S/C28H29N3O5/c1-30(17-20-10-9-13-24(34-3)27(20)36-5)28(32)26-22(18-31(29-26)21-11-7-6-8-12-21)19-14-15-23(33-2)25(16-19)35-4/h6-16,18H,17H2,1-5H3. The van der Waals surface area contributed by atoms with Crippen molar-refractivity contribution in [1.29, 1.82) is 0 Å². The summed E-state index contributed by atoms with van der Waals surface area (Å²) in [4.78, 5) is 15.4. The predicted molar refractivity (Wildman–Crippen MR) is 137 cm³/mol. The number of nitrogens with zero attached hydrogens (tertiary/aromatic N) is 3. The van der Waals surface area contributed by atoms with Crippen LogP contribution in [0.2, 0.25) is 0 Å². The number of carbonyl (C=O) groups excluding carboxylic acids is 1. The van der Waals surface area contributed by atoms with Crippen molar-refractivity contribution < 1.29 is 23.7 Å². The molecule has 0 saturated heterocycles. The van der Waals surface area contributed by atoms with Crippen molar-refractivity contribution in [3.63, 3.8) is 0 Å². The first-order chi connectivity index (χ1) is 17.5. The molecule has 0 N–H and O–H groups in total. The van der Waals surface area contributed by atoms with Crippen molar-refractivity contribution in [3.8, 4) is 39.8 Å². The highest BCUT2D eigenvalue weighted by Crippen LogP contribution is 2.35. The minimum Gasteiger partial charge on any atom is -0.493 e. The summed E-state index contributed by atoms with van der Waals surface area (Å²) in [6.07, 6.45) is 1.85. The molecule has 1 heterocycles. The Hall–Kier alpha value is -4.46. The third-order valence-electron chi connectivity index (χ3n) is 5.87. The lowest BCUT2D eigenvalue weighted by molar-refractivity contribution is 0.0778. The molecule has 0 aliphatic heterocycles. The molecule has 36 heavy (non-hydrogen) atoms. The molecule has 0 radical (unpaired) electrons. The lowest BCUT2D eigenvalue weighted by Crippen LogP contribution is -2.27. The summed E-state index contributed by atoms with van der Waals surface area (Å²) in [6, 6.07) is 20.8. The second-order valence-electron chi connectivity index (χ2n) is 8.06. The molecule has 4 aromatic rings. The van der Waals surface area contributed by atoms with Gasteiger partial charge in [-0.15, -0.1) is 0 Å². The van der Waals surface area contributed by atoms with E-state index >= 15 is 0 Å². The van der Waals surface area contributed by atoms with Gasteiger partial charge in [-0.3, -0.25) is 4.79 Å². The van der Waals surface area contributed by atoms with Crippen LogP contribution in [0.15, 0.2) is 72.9 Å². The van der Waals surface area contributed by atoms with Gasteiger partial charge in [0.1, 0.15) is 0 Å². The number of hydrogen-bond donors (Lipinski definition) is 0. The molecule has 1 amide bonds. The highest BCUT2D eigenvalue weighted by atomic mass is 16.5. The Balaban J connectivity index is 1.76. The number of amides is 1. The van der Waals surface area contributed by atoms with Crippen molar-refractivity contribution in [3.05, 3.63) is 84.2 Å². The van der Waals surface area contributed by atoms with Gasteiger partial charge in [0.25, 0.3) is 5.91 Å². The van der Waals surface area contributed by atoms with E-state index in [9.17, 15) is 4.79 Å². The highest BCUT2D eigenvalue weighted by Gasteiger charge is 2.24. The molecule has 8 heteroatoms. The number of ether oxygens (including phenoxy) is 4. The van der Waals surface area contributed by atoms with Crippen LogP contribution in [0.25, 0.3) is 16.8 Å². The van der Waals surface area contributed by atoms with Crippen LogP contribution in [0.5, 0.6) is 23.0 Å². The van der Waals surface area contributed by atoms with Gasteiger partial charge in [-0.05, 0) is 35.9 Å². The second kappa shape index (κ2) is 10.9. The monoisotopic (exact) mass is 487 g/mol. The maximum Gasteiger partial charge on any atom is 0.275 e. The summed E-state index contributed by atoms with van der Waals surface area (Å²) < 4.78 is 23.5. The van der Waals surface area contributed by atoms with Gasteiger partial charge in [0.2, 0.25) is 0 Å². The van der Waals surface area contributed by atoms with Gasteiger partial charge in [0.15, 0.2) is 28.7 Å². The molecule has 0 saturated carbocycles. The maximum absolute atomic E-state index is 13.7. The zero-order valence-corrected chi connectivity index (χ0v) is 21.0. The lowest BCUT2D eigenvalue weighted by Gasteiger charge is -2.19. The number of para-hydroxylation sites is 2. The number of aromatic nitrogens is 2. The maximum atomic E-state index is 13.7. The summed E-state index contributed by atoms with van der Waals surface area (Å²) in [5.41, 5.74) is 3.44. The van der Waals surface area contributed by atoms with E-state index in [2.05, 4.69) is 0 Å². The zero-order valence-electron chi connectivity index (χ0n) is 21.0. The van der Waals surface area contributed by atoms with Gasteiger partial charge in [0.05, 0.1) is 34.1 Å². The van der Waals surface area contributed by atoms with Gasteiger partial charge in [-0.25, -0.2) is 4.68 Å². The van der Waals surface area contributed by atoms with E-state index in [-0.39, 0.29) is 5.91 Å². The molecule has 8 nitrogen and oxygen atoms in total. The lowest BCUT2D eigenvalue weighted by atomic mass is 10.0. The first kappa shape index (κ1) is 24.7. The number of hydrogen-bond acceptors (Lipinski definition) is 6. The number of methoxy groups -OCH3 is 4. The Morgan fingerprint density at radius 2 is 1.56 bits per heavy atom. The largest absolute Gasteiger partial charge is 0.493 e. The normalized spacial score (nSPS) is 10.6. The van der Waals surface area contributed by atoms with Gasteiger partial charge < -0.3 is 23.8 Å². The molecule has 186 valence electrons. The summed E-state index contributed by atoms with van der Waals surface area (Å²) >= 11 is 0. The molecule has 0 fully saturated rings. The Labute approximate surface area is 210 Å². The smallest absolute Gasteiger partial charge is 0.275 e. The fourth-order valence-corrected chi connectivity index (χ4v) is 4.05. The van der Waals surface area contributed by atoms with Crippen molar-refractivity contribution >= 4 is 5.91 Å². The van der Waals surface area contributed by atoms with E-state index in [0.717, 1.165) is 16.8 Å². The van der Waals surface area contributed by atoms with Crippen molar-refractivity contribution in [2.45, 2.75) is 6.54 Å². The van der Waals surface area contributed by atoms with E-state index in [1.807, 2.05) is 72.9 Å². The number of rotatable bonds is 9. The van der Waals surface area contributed by atoms with Crippen LogP contribution in [0.3, 0.4) is 0 Å². The molecular formula is C28H29N3O5. The topological polar surface area (TPSA) is 75.1 Å². The molecule has 0 aliphatic rings. The third-order valence-corrected chi connectivity index (χ3v) is 5.87. The van der Waals surface area contributed by atoms with Gasteiger partial charge >= 0.3 is 0 Å². The van der Waals surface area contributed by atoms with Crippen LogP contribution in [-0.2, 0) is 6.54 Å². The Kier molecular flexibility index (Phi) is 7.44. The predicted octanol–water partition coefficient (Wildman–Crippen LogP) is 4.85. The van der Waals surface area contributed by atoms with Crippen LogP contribution in [0.4, 0.5) is 0 Å². The molecule has 0 bridgehead atoms. The van der Waals surface area contributed by atoms with Gasteiger partial charge in [-0.2, -0.15) is 5.10 Å². The summed E-state index contributed by atoms with van der Waals surface area (Å²) in [5, 5.41) is 4.69. The third kappa shape index (κ3) is 4.84. The second-order valence-corrected chi connectivity index (χ2v) is 8.06. The van der Waals surface area contributed by atoms with Crippen LogP contribution < -0.4 is 18.9 Å². The van der Waals surface area contributed by atoms with Crippen molar-refractivity contribution in [2.24, 2.45) is 0 Å². The molecule has 0 spiro atoms. The molecule has 4 rings (SSSR count). The fraction of sp³-hybridized carbons (Fsp3) is 0.214. The molecule has 0 aliphatic carbocycles. The number of carbonyl (C=O) groups is 1. The molecule has 1 aromatic heterocycles. The Morgan fingerprint density at radius 1 is 0.833 bits per heavy atom. The highest BCUT2D eigenvalue weighted by molar-refractivity contribution is 5.99. The van der Waals surface area contributed by atoms with Crippen LogP contribution >= 0.6 is 0 Å². The molecule has 0 unspecified atom stereocenters. The fourth-order valence-electron chi connectivity index (χ4n) is 4.05. The van der Waals surface area contributed by atoms with Crippen molar-refractivity contribution in [2.75, 3.05) is 35.5 Å². The van der Waals surface area contributed by atoms with Crippen molar-refractivity contribution in [1.82, 2.24) is 14.7 Å². The minimum atomic E-state index is -0.237. The Morgan fingerprint density at radius 3 is 2.22 bits per heavy atom. The molecule has 3 aromatic carbocycles. The quantitative estimate of drug-likeness (QED) is 0.336. The van der Waals surface area contributed by atoms with Crippen LogP contribution in [0.1, 0.15) is 16.1 Å². The van der Waals surface area contributed by atoms with E-state index in [0.29, 0.717) is 40.8 Å². The van der Waals surface area contributed by atoms with Gasteiger partial charge in [-0.1, -0.05) is 36.4 Å². The van der Waals surface area contributed by atoms with Gasteiger partial charge in [0, 0.05) is 30.9 Å². The first-order valence-corrected chi connectivity index (χ1v) is 11.3. The Bertz CT molecular complexity index is 1350. The van der Waals surface area contributed by atoms with E-state index in [4.69, 9.17) is 24.0 Å². The SMILES string of the molecule is COc1ccc(-c2cn(-c3ccccc3)nc2C(=O)N(C)Cc2cccc(OC)c2OC)cc1OC. The average molecular weight is 488 g/mol. The first-order valence-electron chi connectivity index (χ1n) is 11.3. The van der Waals surface area contributed by atoms with E-state index in [1.165, 1.54) is 0 Å². The minimum absolute atomic E-state index is 0.237.